The Kier molecular flexibility index (Phi) is 13.8. The third-order valence-electron chi connectivity index (χ3n) is 3.79. The molecule has 0 radical (unpaired) electrons. The lowest BCUT2D eigenvalue weighted by molar-refractivity contribution is -0.704. The normalized spacial score (nSPS) is 11.0. The molecule has 1 heterocycles. The van der Waals surface area contributed by atoms with Crippen LogP contribution in [0, 0.1) is 0 Å². The molecule has 0 N–H and O–H groups in total. The number of pyridine rings is 1. The summed E-state index contributed by atoms with van der Waals surface area (Å²) in [5.41, 5.74) is 1.49. The number of hydrogen-bond donors (Lipinski definition) is 0. The van der Waals surface area contributed by atoms with Crippen LogP contribution >= 0.6 is 0 Å². The molecule has 0 bridgehead atoms. The van der Waals surface area contributed by atoms with E-state index in [1.165, 1.54) is 76.4 Å². The van der Waals surface area contributed by atoms with Crippen molar-refractivity contribution in [3.63, 3.8) is 0 Å². The van der Waals surface area contributed by atoms with E-state index >= 15 is 0 Å². The molecule has 0 spiro atoms. The highest BCUT2D eigenvalue weighted by Crippen LogP contribution is 2.08. The van der Waals surface area contributed by atoms with Crippen LogP contribution in [0.25, 0.3) is 0 Å². The fourth-order valence-corrected chi connectivity index (χ4v) is 2.63. The molecule has 1 aromatic rings. The molecule has 24 heavy (non-hydrogen) atoms. The van der Waals surface area contributed by atoms with Gasteiger partial charge >= 0.3 is 0 Å². The van der Waals surface area contributed by atoms with E-state index in [4.69, 9.17) is 13.0 Å². The second kappa shape index (κ2) is 14.4. The third kappa shape index (κ3) is 15.9. The first kappa shape index (κ1) is 23.1. The van der Waals surface area contributed by atoms with Crippen LogP contribution in [0.3, 0.4) is 0 Å². The number of aryl methyl sites for hydroxylation is 2. The van der Waals surface area contributed by atoms with Gasteiger partial charge in [0.1, 0.15) is 6.54 Å². The van der Waals surface area contributed by atoms with Crippen molar-refractivity contribution in [1.82, 2.24) is 0 Å². The van der Waals surface area contributed by atoms with Gasteiger partial charge in [-0.25, -0.2) is 13.0 Å². The first-order valence-electron chi connectivity index (χ1n) is 9.26. The van der Waals surface area contributed by atoms with E-state index in [1.54, 1.807) is 0 Å². The molecule has 0 saturated heterocycles. The summed E-state index contributed by atoms with van der Waals surface area (Å²) in [4.78, 5) is 0. The lowest BCUT2D eigenvalue weighted by Gasteiger charge is -2.03. The van der Waals surface area contributed by atoms with E-state index in [9.17, 15) is 0 Å². The molecule has 0 aromatic carbocycles. The molecule has 0 amide bonds. The van der Waals surface area contributed by atoms with Crippen molar-refractivity contribution >= 4 is 10.1 Å². The fraction of sp³-hybridized carbons (Fsp3) is 0.737. The highest BCUT2D eigenvalue weighted by atomic mass is 32.2. The largest absolute Gasteiger partial charge is 0.748 e. The maximum absolute atomic E-state index is 9.08. The summed E-state index contributed by atoms with van der Waals surface area (Å²) in [5, 5.41) is 0. The molecule has 0 aliphatic heterocycles. The maximum atomic E-state index is 9.08. The van der Waals surface area contributed by atoms with Gasteiger partial charge in [0, 0.05) is 31.2 Å². The molecular formula is C19H35NO3S. The van der Waals surface area contributed by atoms with E-state index in [-0.39, 0.29) is 0 Å². The van der Waals surface area contributed by atoms with Gasteiger partial charge in [-0.15, -0.1) is 0 Å². The van der Waals surface area contributed by atoms with Crippen LogP contribution in [-0.2, 0) is 23.1 Å². The van der Waals surface area contributed by atoms with Gasteiger partial charge in [-0.05, 0) is 12.8 Å². The smallest absolute Gasteiger partial charge is 0.181 e. The van der Waals surface area contributed by atoms with E-state index < -0.39 is 10.1 Å². The van der Waals surface area contributed by atoms with Gasteiger partial charge in [0.2, 0.25) is 0 Å². The first-order valence-corrected chi connectivity index (χ1v) is 11.1. The van der Waals surface area contributed by atoms with Crippen molar-refractivity contribution in [3.05, 3.63) is 30.1 Å². The second-order valence-electron chi connectivity index (χ2n) is 6.31. The predicted molar refractivity (Wildman–Crippen MR) is 98.9 cm³/mol. The minimum atomic E-state index is -3.92. The topological polar surface area (TPSA) is 61.1 Å². The SMILES string of the molecule is CCCCCCCCCC[n+]1ccccc1CCC.CS(=O)(=O)[O-]. The lowest BCUT2D eigenvalue weighted by atomic mass is 10.1. The number of nitrogens with zero attached hydrogens (tertiary/aromatic N) is 1. The van der Waals surface area contributed by atoms with Crippen LogP contribution in [0.5, 0.6) is 0 Å². The predicted octanol–water partition coefficient (Wildman–Crippen LogP) is 4.23. The van der Waals surface area contributed by atoms with Gasteiger partial charge in [-0.1, -0.05) is 58.4 Å². The molecule has 140 valence electrons. The van der Waals surface area contributed by atoms with Crippen LogP contribution < -0.4 is 4.57 Å². The van der Waals surface area contributed by atoms with Crippen LogP contribution in [-0.4, -0.2) is 19.2 Å². The van der Waals surface area contributed by atoms with Crippen molar-refractivity contribution in [1.29, 1.82) is 0 Å². The van der Waals surface area contributed by atoms with Crippen molar-refractivity contribution in [2.75, 3.05) is 6.26 Å². The zero-order valence-corrected chi connectivity index (χ0v) is 16.5. The van der Waals surface area contributed by atoms with Crippen molar-refractivity contribution in [2.45, 2.75) is 84.6 Å². The van der Waals surface area contributed by atoms with Crippen molar-refractivity contribution < 1.29 is 17.5 Å². The second-order valence-corrected chi connectivity index (χ2v) is 7.72. The van der Waals surface area contributed by atoms with Gasteiger partial charge in [-0.2, -0.15) is 0 Å². The molecule has 0 aliphatic rings. The highest BCUT2D eigenvalue weighted by Gasteiger charge is 2.07. The van der Waals surface area contributed by atoms with Crippen molar-refractivity contribution in [2.24, 2.45) is 0 Å². The summed E-state index contributed by atoms with van der Waals surface area (Å²) in [7, 11) is -3.92. The minimum Gasteiger partial charge on any atom is -0.748 e. The molecule has 0 unspecified atom stereocenters. The van der Waals surface area contributed by atoms with E-state index in [0.717, 1.165) is 0 Å². The average Bonchev–Trinajstić information content (AvgIpc) is 2.50. The lowest BCUT2D eigenvalue weighted by Crippen LogP contribution is -2.37. The molecule has 1 aromatic heterocycles. The fourth-order valence-electron chi connectivity index (χ4n) is 2.63. The van der Waals surface area contributed by atoms with Gasteiger partial charge in [0.15, 0.2) is 11.9 Å². The van der Waals surface area contributed by atoms with Gasteiger partial charge in [0.05, 0.1) is 10.1 Å². The zero-order valence-electron chi connectivity index (χ0n) is 15.7. The number of aromatic nitrogens is 1. The molecule has 0 saturated carbocycles. The molecule has 0 aliphatic carbocycles. The van der Waals surface area contributed by atoms with Crippen LogP contribution in [0.1, 0.15) is 77.3 Å². The van der Waals surface area contributed by atoms with Crippen LogP contribution in [0.4, 0.5) is 0 Å². The summed E-state index contributed by atoms with van der Waals surface area (Å²) in [6.07, 6.45) is 16.5. The molecule has 5 heteroatoms. The van der Waals surface area contributed by atoms with Gasteiger partial charge < -0.3 is 4.55 Å². The Morgan fingerprint density at radius 1 is 0.917 bits per heavy atom. The summed E-state index contributed by atoms with van der Waals surface area (Å²) >= 11 is 0. The van der Waals surface area contributed by atoms with Crippen LogP contribution in [0.2, 0.25) is 0 Å². The monoisotopic (exact) mass is 357 g/mol. The Hall–Kier alpha value is -0.940. The Labute approximate surface area is 149 Å². The highest BCUT2D eigenvalue weighted by molar-refractivity contribution is 7.84. The van der Waals surface area contributed by atoms with Gasteiger partial charge in [0.25, 0.3) is 0 Å². The Bertz CT molecular complexity index is 507. The Morgan fingerprint density at radius 3 is 2.00 bits per heavy atom. The molecular weight excluding hydrogens is 322 g/mol. The van der Waals surface area contributed by atoms with E-state index in [1.807, 2.05) is 0 Å². The van der Waals surface area contributed by atoms with Crippen LogP contribution in [0.15, 0.2) is 24.4 Å². The van der Waals surface area contributed by atoms with E-state index in [2.05, 4.69) is 42.8 Å². The molecule has 4 nitrogen and oxygen atoms in total. The Morgan fingerprint density at radius 2 is 1.46 bits per heavy atom. The molecule has 1 rings (SSSR count). The zero-order chi connectivity index (χ0) is 18.3. The number of hydrogen-bond acceptors (Lipinski definition) is 3. The van der Waals surface area contributed by atoms with Crippen molar-refractivity contribution in [3.8, 4) is 0 Å². The third-order valence-corrected chi connectivity index (χ3v) is 3.79. The summed E-state index contributed by atoms with van der Waals surface area (Å²) in [6, 6.07) is 6.59. The minimum absolute atomic E-state index is 0.604. The molecule has 0 fully saturated rings. The number of unbranched alkanes of at least 4 members (excludes halogenated alkanes) is 7. The van der Waals surface area contributed by atoms with Gasteiger partial charge in [-0.3, -0.25) is 0 Å². The standard InChI is InChI=1S/C18H32N.CH4O3S/c1-3-5-6-7-8-9-10-12-16-19-17-13-11-15-18(19)14-4-2;1-5(2,3)4/h11,13,15,17H,3-10,12,14,16H2,1-2H3;1H3,(H,2,3,4)/q+1;/p-1. The summed E-state index contributed by atoms with van der Waals surface area (Å²) in [6.45, 7) is 5.74. The number of rotatable bonds is 11. The average molecular weight is 358 g/mol. The quantitative estimate of drug-likeness (QED) is 0.338. The van der Waals surface area contributed by atoms with E-state index in [0.29, 0.717) is 6.26 Å². The summed E-state index contributed by atoms with van der Waals surface area (Å²) < 4.78 is 29.7. The Balaban J connectivity index is 0.000000922. The molecule has 0 atom stereocenters. The maximum Gasteiger partial charge on any atom is 0.181 e. The first-order chi connectivity index (χ1) is 11.4. The summed E-state index contributed by atoms with van der Waals surface area (Å²) in [5.74, 6) is 0.